The minimum atomic E-state index is -2.06. The number of rotatable bonds is 58. The van der Waals surface area contributed by atoms with Crippen LogP contribution in [0.25, 0.3) is 0 Å². The number of ether oxygens (including phenoxy) is 14. The molecule has 0 aromatic heterocycles. The molecule has 6 rings (SSSR count). The van der Waals surface area contributed by atoms with Gasteiger partial charge in [-0.1, -0.05) is 329 Å². The number of esters is 4. The van der Waals surface area contributed by atoms with Gasteiger partial charge in [0.05, 0.1) is 30.5 Å². The fourth-order valence-corrected chi connectivity index (χ4v) is 18.0. The first-order valence-electron chi connectivity index (χ1n) is 49.9. The number of aliphatic hydroxyl groups excluding tert-OH is 8. The van der Waals surface area contributed by atoms with E-state index in [-0.39, 0.29) is 31.8 Å². The quantitative estimate of drug-likeness (QED) is 0.0159. The Morgan fingerprint density at radius 2 is 0.689 bits per heavy atom. The third-order valence-electron chi connectivity index (χ3n) is 25.9. The third kappa shape index (κ3) is 40.3. The Kier molecular flexibility index (Phi) is 56.6. The normalized spacial score (nSPS) is 32.8. The van der Waals surface area contributed by atoms with Gasteiger partial charge in [0, 0.05) is 25.7 Å². The summed E-state index contributed by atoms with van der Waals surface area (Å²) in [6, 6.07) is 0. The molecule has 26 heteroatoms. The van der Waals surface area contributed by atoms with Gasteiger partial charge < -0.3 is 107 Å². The Hall–Kier alpha value is -2.84. The molecular weight excluding hydrogens is 1570 g/mol. The first-order valence-corrected chi connectivity index (χ1v) is 49.9. The number of hydrogen-bond donors (Lipinski definition) is 8. The summed E-state index contributed by atoms with van der Waals surface area (Å²) in [5.74, 6) is -2.63. The van der Waals surface area contributed by atoms with E-state index in [1.54, 1.807) is 20.8 Å². The molecule has 0 unspecified atom stereocenters. The number of aliphatic hydroxyl groups is 8. The highest BCUT2D eigenvalue weighted by Crippen LogP contribution is 2.40. The molecule has 122 heavy (non-hydrogen) atoms. The average molecular weight is 1740 g/mol. The fraction of sp³-hybridized carbons (Fsp3) is 0.958. The first kappa shape index (κ1) is 108. The molecule has 0 radical (unpaired) electrons. The van der Waals surface area contributed by atoms with E-state index in [1.807, 2.05) is 0 Å². The SMILES string of the molecule is CCCCCCCCCCCCCCCCCC(=O)OC[C@H]1O[C@@H](O[C@@H]2[C@@H](O[C@@H]3O[C@@H](C)[C@H](OC(=O)CCCCCCCCCCCCCCC)[C@@H](O)[C@H]3O)[C@H](C)O[C@@H](O[C@@H]3[C@@H](O)[C@H]4OC(=O)CCCCCCCCC[C@H](CCCCC)O[C@@H]5O[C@H](C)[C@H](O)[C@H](O)[C@H]5O[C@@H]4O[C@H]3C)[C@@H]2OC(=O)CCCCCCCCCCCCCCC)[C@H](O)[C@@H](O)[C@@H]1O. The lowest BCUT2D eigenvalue weighted by molar-refractivity contribution is -0.400. The van der Waals surface area contributed by atoms with Gasteiger partial charge in [-0.15, -0.1) is 0 Å². The standard InChI is InChI=1S/C96H174O26/c1-9-13-17-20-23-26-29-32-33-36-37-40-45-50-56-62-73(97)109-66-72-78(102)79(103)82(106)93(115-72)122-90-87(120-92-83(107)81(105)85(68(6)111-92)116-74(98)63-57-51-46-41-38-34-30-27-24-21-18-14-10-2)70(8)113-96(91(90)118-76(100)65-59-52-47-42-39-35-31-28-25-22-19-15-11-3)119-86-69(7)112-95-89(84(86)108)117-75(99)64-58-53-48-43-44-49-55-61-71(60-54-16-12-4)114-94-88(121-95)80(104)77(101)67(5)110-94/h67-72,77-96,101-108H,9-66H2,1-8H3/t67-,68+,69+,70+,71+,72-,77+,78-,79+,80+,81+,82-,83-,84-,85+,86+,87+,88-,89-,90-,91-,92+,93+,94+,95+,96+/m1/s1. The van der Waals surface area contributed by atoms with Crippen LogP contribution < -0.4 is 0 Å². The van der Waals surface area contributed by atoms with Gasteiger partial charge >= 0.3 is 23.9 Å². The van der Waals surface area contributed by atoms with Crippen molar-refractivity contribution in [2.24, 2.45) is 0 Å². The second-order valence-corrected chi connectivity index (χ2v) is 36.7. The number of carbonyl (C=O) groups is 4. The van der Waals surface area contributed by atoms with Crippen molar-refractivity contribution in [2.75, 3.05) is 6.61 Å². The molecule has 0 amide bonds. The molecule has 0 saturated carbocycles. The summed E-state index contributed by atoms with van der Waals surface area (Å²) in [6.07, 6.45) is 15.1. The maximum atomic E-state index is 14.9. The molecule has 0 aliphatic carbocycles. The fourth-order valence-electron chi connectivity index (χ4n) is 18.0. The van der Waals surface area contributed by atoms with E-state index in [9.17, 15) is 60.0 Å². The lowest BCUT2D eigenvalue weighted by Gasteiger charge is -2.51. The van der Waals surface area contributed by atoms with Crippen LogP contribution >= 0.6 is 0 Å². The Morgan fingerprint density at radius 3 is 1.19 bits per heavy atom. The summed E-state index contributed by atoms with van der Waals surface area (Å²) in [5.41, 5.74) is 0. The van der Waals surface area contributed by atoms with E-state index in [4.69, 9.17) is 66.3 Å². The van der Waals surface area contributed by atoms with Crippen LogP contribution in [0.4, 0.5) is 0 Å². The predicted molar refractivity (Wildman–Crippen MR) is 465 cm³/mol. The largest absolute Gasteiger partial charge is 0.463 e. The smallest absolute Gasteiger partial charge is 0.306 e. The van der Waals surface area contributed by atoms with Gasteiger partial charge in [0.2, 0.25) is 0 Å². The Balaban J connectivity index is 1.27. The molecule has 26 atom stereocenters. The van der Waals surface area contributed by atoms with Crippen LogP contribution in [0.2, 0.25) is 0 Å². The van der Waals surface area contributed by atoms with Gasteiger partial charge in [0.15, 0.2) is 49.8 Å². The van der Waals surface area contributed by atoms with Crippen molar-refractivity contribution in [1.29, 1.82) is 0 Å². The lowest BCUT2D eigenvalue weighted by atomic mass is 9.95. The summed E-state index contributed by atoms with van der Waals surface area (Å²) in [6.45, 7) is 14.5. The number of hydrogen-bond acceptors (Lipinski definition) is 26. The highest BCUT2D eigenvalue weighted by atomic mass is 16.8. The zero-order valence-electron chi connectivity index (χ0n) is 76.9. The summed E-state index contributed by atoms with van der Waals surface area (Å²) in [5, 5.41) is 95.9. The second kappa shape index (κ2) is 64.0. The van der Waals surface area contributed by atoms with Gasteiger partial charge in [-0.3, -0.25) is 19.2 Å². The predicted octanol–water partition coefficient (Wildman–Crippen LogP) is 17.1. The molecule has 0 bridgehead atoms. The van der Waals surface area contributed by atoms with Crippen LogP contribution in [0.15, 0.2) is 0 Å². The Bertz CT molecular complexity index is 2670. The van der Waals surface area contributed by atoms with Crippen LogP contribution in [0.1, 0.15) is 421 Å². The molecule has 0 aromatic carbocycles. The topological polar surface area (TPSA) is 359 Å². The summed E-state index contributed by atoms with van der Waals surface area (Å²) >= 11 is 0. The molecule has 6 heterocycles. The summed E-state index contributed by atoms with van der Waals surface area (Å²) in [4.78, 5) is 56.0. The lowest BCUT2D eigenvalue weighted by Crippen LogP contribution is -2.68. The molecule has 714 valence electrons. The van der Waals surface area contributed by atoms with E-state index in [0.717, 1.165) is 141 Å². The number of fused-ring (bicyclic) bond motifs is 2. The average Bonchev–Trinajstić information content (AvgIpc) is 0.766. The van der Waals surface area contributed by atoms with Crippen molar-refractivity contribution in [3.63, 3.8) is 0 Å². The summed E-state index contributed by atoms with van der Waals surface area (Å²) < 4.78 is 90.5. The van der Waals surface area contributed by atoms with Gasteiger partial charge in [-0.25, -0.2) is 0 Å². The molecule has 6 aliphatic rings. The van der Waals surface area contributed by atoms with E-state index in [2.05, 4.69) is 27.7 Å². The van der Waals surface area contributed by atoms with Crippen molar-refractivity contribution >= 4 is 23.9 Å². The molecular formula is C96H174O26. The molecule has 6 saturated heterocycles. The van der Waals surface area contributed by atoms with Crippen molar-refractivity contribution in [1.82, 2.24) is 0 Å². The Morgan fingerprint density at radius 1 is 0.311 bits per heavy atom. The molecule has 6 fully saturated rings. The van der Waals surface area contributed by atoms with Crippen molar-refractivity contribution < 1.29 is 126 Å². The molecule has 6 aliphatic heterocycles. The third-order valence-corrected chi connectivity index (χ3v) is 25.9. The van der Waals surface area contributed by atoms with Crippen LogP contribution in [-0.2, 0) is 85.5 Å². The highest BCUT2D eigenvalue weighted by molar-refractivity contribution is 5.70. The zero-order valence-corrected chi connectivity index (χ0v) is 76.9. The maximum Gasteiger partial charge on any atom is 0.306 e. The molecule has 26 nitrogen and oxygen atoms in total. The number of carbonyl (C=O) groups excluding carboxylic acids is 4. The van der Waals surface area contributed by atoms with Gasteiger partial charge in [0.25, 0.3) is 0 Å². The molecule has 0 spiro atoms. The zero-order chi connectivity index (χ0) is 88.2. The number of unbranched alkanes of at least 4 members (excludes halogenated alkanes) is 40. The van der Waals surface area contributed by atoms with Crippen LogP contribution in [0, 0.1) is 0 Å². The van der Waals surface area contributed by atoms with E-state index in [1.165, 1.54) is 161 Å². The van der Waals surface area contributed by atoms with Crippen molar-refractivity contribution in [3.05, 3.63) is 0 Å². The van der Waals surface area contributed by atoms with Gasteiger partial charge in [-0.05, 0) is 66.2 Å². The van der Waals surface area contributed by atoms with Crippen LogP contribution in [0.3, 0.4) is 0 Å². The second-order valence-electron chi connectivity index (χ2n) is 36.7. The maximum absolute atomic E-state index is 14.9. The van der Waals surface area contributed by atoms with Crippen LogP contribution in [0.5, 0.6) is 0 Å². The Labute approximate surface area is 734 Å². The highest BCUT2D eigenvalue weighted by Gasteiger charge is 2.59. The molecule has 0 aromatic rings. The van der Waals surface area contributed by atoms with E-state index < -0.39 is 184 Å². The van der Waals surface area contributed by atoms with Gasteiger partial charge in [-0.2, -0.15) is 0 Å². The summed E-state index contributed by atoms with van der Waals surface area (Å²) in [7, 11) is 0. The van der Waals surface area contributed by atoms with E-state index >= 15 is 0 Å². The van der Waals surface area contributed by atoms with E-state index in [0.29, 0.717) is 44.9 Å². The molecule has 8 N–H and O–H groups in total. The van der Waals surface area contributed by atoms with Gasteiger partial charge in [0.1, 0.15) is 86.0 Å². The minimum absolute atomic E-state index is 0.0429. The van der Waals surface area contributed by atoms with Crippen LogP contribution in [-0.4, -0.2) is 231 Å². The van der Waals surface area contributed by atoms with Crippen molar-refractivity contribution in [3.8, 4) is 0 Å². The first-order chi connectivity index (χ1) is 59.1. The minimum Gasteiger partial charge on any atom is -0.463 e. The monoisotopic (exact) mass is 1740 g/mol. The van der Waals surface area contributed by atoms with Crippen molar-refractivity contribution in [2.45, 2.75) is 581 Å².